The lowest BCUT2D eigenvalue weighted by Crippen LogP contribution is -2.13. The van der Waals surface area contributed by atoms with E-state index in [0.717, 1.165) is 22.5 Å². The Bertz CT molecular complexity index is 981. The Morgan fingerprint density at radius 1 is 1.08 bits per heavy atom. The molecule has 3 heterocycles. The summed E-state index contributed by atoms with van der Waals surface area (Å²) in [6, 6.07) is 15.5. The minimum absolute atomic E-state index is 0.137. The first-order valence-electron chi connectivity index (χ1n) is 7.70. The Kier molecular flexibility index (Phi) is 3.83. The highest BCUT2D eigenvalue weighted by atomic mass is 35.5. The molecule has 4 nitrogen and oxygen atoms in total. The predicted octanol–water partition coefficient (Wildman–Crippen LogP) is 4.44. The maximum Gasteiger partial charge on any atom is 0.140 e. The lowest BCUT2D eigenvalue weighted by atomic mass is 9.87. The fourth-order valence-corrected chi connectivity index (χ4v) is 3.39. The first-order valence-corrected chi connectivity index (χ1v) is 8.08. The fraction of sp³-hybridized carbons (Fsp3) is 0.105. The topological polar surface area (TPSA) is 61.6 Å². The number of nitrogens with one attached hydrogen (secondary N) is 1. The van der Waals surface area contributed by atoms with Crippen molar-refractivity contribution >= 4 is 17.3 Å². The highest BCUT2D eigenvalue weighted by molar-refractivity contribution is 6.29. The number of nitriles is 1. The lowest BCUT2D eigenvalue weighted by Gasteiger charge is -2.21. The number of aromatic nitrogens is 2. The second-order valence-corrected chi connectivity index (χ2v) is 6.19. The summed E-state index contributed by atoms with van der Waals surface area (Å²) in [5.41, 5.74) is 3.83. The summed E-state index contributed by atoms with van der Waals surface area (Å²) < 4.78 is 13.4. The van der Waals surface area contributed by atoms with E-state index < -0.39 is 0 Å². The molecule has 0 amide bonds. The zero-order valence-electron chi connectivity index (χ0n) is 12.9. The van der Waals surface area contributed by atoms with E-state index in [1.54, 1.807) is 30.5 Å². The Morgan fingerprint density at radius 3 is 2.60 bits per heavy atom. The molecule has 0 spiro atoms. The summed E-state index contributed by atoms with van der Waals surface area (Å²) >= 11 is 6.05. The van der Waals surface area contributed by atoms with Crippen LogP contribution in [-0.2, 0) is 0 Å². The zero-order valence-corrected chi connectivity index (χ0v) is 13.7. The molecule has 2 atom stereocenters. The van der Waals surface area contributed by atoms with Crippen molar-refractivity contribution < 1.29 is 4.39 Å². The largest absolute Gasteiger partial charge is 0.376 e. The van der Waals surface area contributed by atoms with Gasteiger partial charge in [-0.3, -0.25) is 0 Å². The quantitative estimate of drug-likeness (QED) is 0.694. The van der Waals surface area contributed by atoms with Gasteiger partial charge >= 0.3 is 0 Å². The van der Waals surface area contributed by atoms with Gasteiger partial charge in [-0.05, 0) is 47.5 Å². The van der Waals surface area contributed by atoms with Crippen molar-refractivity contribution in [1.29, 1.82) is 5.26 Å². The molecule has 0 aliphatic carbocycles. The number of benzene rings is 1. The Labute approximate surface area is 148 Å². The number of pyridine rings is 2. The monoisotopic (exact) mass is 350 g/mol. The van der Waals surface area contributed by atoms with E-state index in [4.69, 9.17) is 11.6 Å². The smallest absolute Gasteiger partial charge is 0.140 e. The number of hydrogen-bond donors (Lipinski definition) is 1. The third-order valence-corrected chi connectivity index (χ3v) is 4.52. The summed E-state index contributed by atoms with van der Waals surface area (Å²) in [4.78, 5) is 8.51. The van der Waals surface area contributed by atoms with Crippen molar-refractivity contribution in [2.24, 2.45) is 0 Å². The van der Waals surface area contributed by atoms with Gasteiger partial charge in [0, 0.05) is 6.20 Å². The average molecular weight is 351 g/mol. The van der Waals surface area contributed by atoms with E-state index in [2.05, 4.69) is 21.4 Å². The van der Waals surface area contributed by atoms with E-state index in [1.807, 2.05) is 12.1 Å². The van der Waals surface area contributed by atoms with Crippen LogP contribution in [0.15, 0.2) is 54.7 Å². The molecule has 0 bridgehead atoms. The first-order chi connectivity index (χ1) is 12.2. The molecular weight excluding hydrogens is 339 g/mol. The number of nitrogens with zero attached hydrogens (tertiary/aromatic N) is 3. The molecule has 25 heavy (non-hydrogen) atoms. The van der Waals surface area contributed by atoms with Gasteiger partial charge in [0.2, 0.25) is 0 Å². The minimum atomic E-state index is -0.294. The van der Waals surface area contributed by atoms with Gasteiger partial charge in [-0.1, -0.05) is 23.7 Å². The van der Waals surface area contributed by atoms with Crippen molar-refractivity contribution in [2.45, 2.75) is 12.0 Å². The Morgan fingerprint density at radius 2 is 1.88 bits per heavy atom. The van der Waals surface area contributed by atoms with E-state index >= 15 is 0 Å². The molecule has 1 aliphatic heterocycles. The molecule has 0 saturated carbocycles. The van der Waals surface area contributed by atoms with E-state index in [-0.39, 0.29) is 17.8 Å². The molecule has 3 aromatic rings. The van der Waals surface area contributed by atoms with Crippen LogP contribution >= 0.6 is 11.6 Å². The standard InChI is InChI=1S/C19H12ClFN4/c20-16-9-12(7-8-23-16)18-17(11-1-3-13(21)4-2-11)19-15(25-18)6-5-14(10-22)24-19/h1-9,17-18,25H. The molecule has 122 valence electrons. The minimum Gasteiger partial charge on any atom is -0.376 e. The Balaban J connectivity index is 1.87. The third kappa shape index (κ3) is 2.81. The Hall–Kier alpha value is -2.97. The molecule has 0 fully saturated rings. The summed E-state index contributed by atoms with van der Waals surface area (Å²) in [7, 11) is 0. The van der Waals surface area contributed by atoms with E-state index in [9.17, 15) is 9.65 Å². The van der Waals surface area contributed by atoms with Crippen LogP contribution < -0.4 is 5.32 Å². The molecule has 0 saturated heterocycles. The predicted molar refractivity (Wildman–Crippen MR) is 92.8 cm³/mol. The maximum atomic E-state index is 13.4. The van der Waals surface area contributed by atoms with Crippen molar-refractivity contribution in [2.75, 3.05) is 5.32 Å². The van der Waals surface area contributed by atoms with Crippen LogP contribution in [0.4, 0.5) is 10.1 Å². The van der Waals surface area contributed by atoms with Gasteiger partial charge in [-0.25, -0.2) is 14.4 Å². The van der Waals surface area contributed by atoms with Gasteiger partial charge in [-0.2, -0.15) is 5.26 Å². The second kappa shape index (κ2) is 6.15. The van der Waals surface area contributed by atoms with E-state index in [0.29, 0.717) is 10.8 Å². The van der Waals surface area contributed by atoms with Gasteiger partial charge in [-0.15, -0.1) is 0 Å². The molecule has 1 N–H and O–H groups in total. The lowest BCUT2D eigenvalue weighted by molar-refractivity contribution is 0.624. The molecule has 1 aromatic carbocycles. The van der Waals surface area contributed by atoms with Gasteiger partial charge < -0.3 is 5.32 Å². The number of rotatable bonds is 2. The van der Waals surface area contributed by atoms with Crippen LogP contribution in [0.2, 0.25) is 5.15 Å². The molecular formula is C19H12ClFN4. The number of anilines is 1. The third-order valence-electron chi connectivity index (χ3n) is 4.32. The first kappa shape index (κ1) is 15.6. The summed E-state index contributed by atoms with van der Waals surface area (Å²) in [5.74, 6) is -0.459. The van der Waals surface area contributed by atoms with Gasteiger partial charge in [0.15, 0.2) is 0 Å². The number of halogens is 2. The van der Waals surface area contributed by atoms with Crippen LogP contribution in [0.5, 0.6) is 0 Å². The van der Waals surface area contributed by atoms with Crippen molar-refractivity contribution in [3.05, 3.63) is 88.2 Å². The van der Waals surface area contributed by atoms with Crippen LogP contribution in [0.25, 0.3) is 0 Å². The summed E-state index contributed by atoms with van der Waals surface area (Å²) in [5, 5.41) is 13.0. The molecule has 0 radical (unpaired) electrons. The van der Waals surface area contributed by atoms with Gasteiger partial charge in [0.05, 0.1) is 23.3 Å². The SMILES string of the molecule is N#Cc1ccc2c(n1)C(c1ccc(F)cc1)C(c1ccnc(Cl)c1)N2. The van der Waals surface area contributed by atoms with Crippen LogP contribution in [0.3, 0.4) is 0 Å². The molecule has 2 aromatic heterocycles. The molecule has 1 aliphatic rings. The molecule has 4 rings (SSSR count). The number of hydrogen-bond acceptors (Lipinski definition) is 4. The van der Waals surface area contributed by atoms with Crippen LogP contribution in [0.1, 0.15) is 34.5 Å². The second-order valence-electron chi connectivity index (χ2n) is 5.80. The van der Waals surface area contributed by atoms with Crippen LogP contribution in [-0.4, -0.2) is 9.97 Å². The van der Waals surface area contributed by atoms with E-state index in [1.165, 1.54) is 12.1 Å². The molecule has 6 heteroatoms. The number of fused-ring (bicyclic) bond motifs is 1. The maximum absolute atomic E-state index is 13.4. The summed E-state index contributed by atoms with van der Waals surface area (Å²) in [6.07, 6.45) is 1.65. The normalized spacial score (nSPS) is 18.3. The highest BCUT2D eigenvalue weighted by Gasteiger charge is 2.36. The average Bonchev–Trinajstić information content (AvgIpc) is 3.01. The molecule has 2 unspecified atom stereocenters. The fourth-order valence-electron chi connectivity index (χ4n) is 3.21. The van der Waals surface area contributed by atoms with Gasteiger partial charge in [0.25, 0.3) is 0 Å². The van der Waals surface area contributed by atoms with Crippen LogP contribution in [0, 0.1) is 17.1 Å². The van der Waals surface area contributed by atoms with Crippen molar-refractivity contribution in [3.63, 3.8) is 0 Å². The highest BCUT2D eigenvalue weighted by Crippen LogP contribution is 2.46. The summed E-state index contributed by atoms with van der Waals surface area (Å²) in [6.45, 7) is 0. The van der Waals surface area contributed by atoms with Crippen molar-refractivity contribution in [1.82, 2.24) is 9.97 Å². The van der Waals surface area contributed by atoms with Crippen molar-refractivity contribution in [3.8, 4) is 6.07 Å². The zero-order chi connectivity index (χ0) is 17.4. The van der Waals surface area contributed by atoms with Gasteiger partial charge in [0.1, 0.15) is 22.7 Å².